The highest BCUT2D eigenvalue weighted by atomic mass is 32.2. The fourth-order valence-corrected chi connectivity index (χ4v) is 4.34. The quantitative estimate of drug-likeness (QED) is 0.325. The van der Waals surface area contributed by atoms with Gasteiger partial charge in [0.05, 0.1) is 30.2 Å². The largest absolute Gasteiger partial charge is 0.493 e. The fraction of sp³-hybridized carbons (Fsp3) is 0.0952. The van der Waals surface area contributed by atoms with Crippen LogP contribution >= 0.6 is 23.7 Å². The Morgan fingerprint density at radius 2 is 1.97 bits per heavy atom. The van der Waals surface area contributed by atoms with E-state index in [9.17, 15) is 9.59 Å². The fourth-order valence-electron chi connectivity index (χ4n) is 2.89. The van der Waals surface area contributed by atoms with Crippen LogP contribution in [0.4, 0.5) is 0 Å². The molecular formula is C21H16N4O4S2. The molecule has 31 heavy (non-hydrogen) atoms. The van der Waals surface area contributed by atoms with Crippen LogP contribution < -0.4 is 9.47 Å². The molecule has 2 aromatic carbocycles. The number of aliphatic imine (C=N–C) groups is 1. The van der Waals surface area contributed by atoms with Crippen LogP contribution in [0.5, 0.6) is 11.5 Å². The van der Waals surface area contributed by atoms with Crippen molar-refractivity contribution in [1.82, 2.24) is 4.90 Å². The van der Waals surface area contributed by atoms with E-state index < -0.39 is 11.9 Å². The van der Waals surface area contributed by atoms with E-state index in [1.54, 1.807) is 48.5 Å². The Hall–Kier alpha value is -3.37. The molecule has 0 bridgehead atoms. The minimum Gasteiger partial charge on any atom is -0.493 e. The third-order valence-electron chi connectivity index (χ3n) is 4.39. The summed E-state index contributed by atoms with van der Waals surface area (Å²) in [5.41, 5.74) is 1.14. The Bertz CT molecular complexity index is 1180. The van der Waals surface area contributed by atoms with Crippen LogP contribution in [0.15, 0.2) is 63.5 Å². The highest BCUT2D eigenvalue weighted by molar-refractivity contribution is 8.18. The average molecular weight is 453 g/mol. The molecule has 0 radical (unpaired) electrons. The van der Waals surface area contributed by atoms with Crippen molar-refractivity contribution in [1.29, 1.82) is 5.41 Å². The van der Waals surface area contributed by atoms with Gasteiger partial charge in [-0.05, 0) is 42.2 Å². The van der Waals surface area contributed by atoms with Crippen molar-refractivity contribution in [2.45, 2.75) is 0 Å². The lowest BCUT2D eigenvalue weighted by Crippen LogP contribution is -2.41. The predicted molar refractivity (Wildman–Crippen MR) is 123 cm³/mol. The van der Waals surface area contributed by atoms with Gasteiger partial charge in [-0.3, -0.25) is 10.2 Å². The molecule has 0 aromatic heterocycles. The predicted octanol–water partition coefficient (Wildman–Crippen LogP) is 3.85. The summed E-state index contributed by atoms with van der Waals surface area (Å²) in [7, 11) is 1.46. The normalized spacial score (nSPS) is 16.7. The number of amides is 1. The zero-order chi connectivity index (χ0) is 22.0. The number of rotatable bonds is 4. The van der Waals surface area contributed by atoms with Crippen LogP contribution in [-0.2, 0) is 4.79 Å². The zero-order valence-electron chi connectivity index (χ0n) is 16.5. The SMILES string of the molecule is COc1cc(/C=C2/C(=N)N3C(SC)=NSC3=NC2=O)ccc1OC(=O)c1ccccc1. The van der Waals surface area contributed by atoms with Crippen molar-refractivity contribution in [3.8, 4) is 11.5 Å². The topological polar surface area (TPSA) is 104 Å². The van der Waals surface area contributed by atoms with Crippen LogP contribution in [0.1, 0.15) is 15.9 Å². The number of thioether (sulfide) groups is 1. The van der Waals surface area contributed by atoms with Crippen molar-refractivity contribution in [2.75, 3.05) is 13.4 Å². The molecule has 0 saturated heterocycles. The Kier molecular flexibility index (Phi) is 5.92. The molecule has 2 heterocycles. The summed E-state index contributed by atoms with van der Waals surface area (Å²) in [6.45, 7) is 0. The van der Waals surface area contributed by atoms with E-state index >= 15 is 0 Å². The first-order valence-electron chi connectivity index (χ1n) is 9.00. The Labute approximate surface area is 186 Å². The van der Waals surface area contributed by atoms with E-state index in [-0.39, 0.29) is 17.2 Å². The molecule has 8 nitrogen and oxygen atoms in total. The molecule has 1 amide bonds. The van der Waals surface area contributed by atoms with Gasteiger partial charge < -0.3 is 9.47 Å². The van der Waals surface area contributed by atoms with E-state index in [1.807, 2.05) is 12.3 Å². The van der Waals surface area contributed by atoms with Gasteiger partial charge in [0, 0.05) is 0 Å². The number of esters is 1. The van der Waals surface area contributed by atoms with Crippen LogP contribution in [-0.4, -0.2) is 46.3 Å². The van der Waals surface area contributed by atoms with Gasteiger partial charge in [-0.15, -0.1) is 0 Å². The monoisotopic (exact) mass is 452 g/mol. The highest BCUT2D eigenvalue weighted by Gasteiger charge is 2.37. The number of fused-ring (bicyclic) bond motifs is 1. The molecule has 4 rings (SSSR count). The smallest absolute Gasteiger partial charge is 0.343 e. The maximum atomic E-state index is 12.5. The molecule has 0 aliphatic carbocycles. The lowest BCUT2D eigenvalue weighted by molar-refractivity contribution is -0.114. The third-order valence-corrected chi connectivity index (χ3v) is 5.84. The summed E-state index contributed by atoms with van der Waals surface area (Å²) >= 11 is 2.44. The van der Waals surface area contributed by atoms with E-state index in [1.165, 1.54) is 23.8 Å². The van der Waals surface area contributed by atoms with E-state index in [0.717, 1.165) is 11.9 Å². The lowest BCUT2D eigenvalue weighted by atomic mass is 10.1. The first-order valence-corrected chi connectivity index (χ1v) is 11.0. The second kappa shape index (κ2) is 8.78. The standard InChI is InChI=1S/C21H16N4O4S2/c1-28-16-11-12(8-9-15(16)29-19(27)13-6-4-3-5-7-13)10-14-17(22)25-20(23-18(14)26)31-24-21(25)30-2/h3-11,22H,1-2H3/b14-10-,22-17?. The van der Waals surface area contributed by atoms with Gasteiger partial charge in [-0.1, -0.05) is 36.0 Å². The van der Waals surface area contributed by atoms with Crippen LogP contribution in [0.3, 0.4) is 0 Å². The first kappa shape index (κ1) is 20.9. The molecule has 2 aliphatic rings. The minimum absolute atomic E-state index is 0.00616. The average Bonchev–Trinajstić information content (AvgIpc) is 3.20. The molecule has 2 aliphatic heterocycles. The van der Waals surface area contributed by atoms with Crippen molar-refractivity contribution in [3.63, 3.8) is 0 Å². The van der Waals surface area contributed by atoms with Gasteiger partial charge in [0.1, 0.15) is 5.84 Å². The number of hydrogen-bond acceptors (Lipinski definition) is 8. The van der Waals surface area contributed by atoms with E-state index in [0.29, 0.717) is 27.2 Å². The van der Waals surface area contributed by atoms with Gasteiger partial charge in [0.15, 0.2) is 16.7 Å². The van der Waals surface area contributed by atoms with Gasteiger partial charge >= 0.3 is 5.97 Å². The number of carbonyl (C=O) groups excluding carboxylic acids is 2. The number of ether oxygens (including phenoxy) is 2. The third kappa shape index (κ3) is 4.12. The maximum absolute atomic E-state index is 12.5. The highest BCUT2D eigenvalue weighted by Crippen LogP contribution is 2.33. The summed E-state index contributed by atoms with van der Waals surface area (Å²) in [4.78, 5) is 30.4. The number of nitrogens with one attached hydrogen (secondary N) is 1. The number of methoxy groups -OCH3 is 1. The summed E-state index contributed by atoms with van der Waals surface area (Å²) in [5.74, 6) is -0.449. The van der Waals surface area contributed by atoms with E-state index in [2.05, 4.69) is 9.39 Å². The van der Waals surface area contributed by atoms with Crippen molar-refractivity contribution >= 4 is 57.8 Å². The second-order valence-corrected chi connectivity index (χ2v) is 7.78. The molecule has 1 N–H and O–H groups in total. The molecule has 0 atom stereocenters. The van der Waals surface area contributed by atoms with Gasteiger partial charge in [-0.2, -0.15) is 9.39 Å². The second-order valence-electron chi connectivity index (χ2n) is 6.28. The first-order chi connectivity index (χ1) is 15.0. The number of benzene rings is 2. The summed E-state index contributed by atoms with van der Waals surface area (Å²) in [5, 5.41) is 9.43. The molecule has 0 unspecified atom stereocenters. The lowest BCUT2D eigenvalue weighted by Gasteiger charge is -2.23. The van der Waals surface area contributed by atoms with E-state index in [4.69, 9.17) is 14.9 Å². The van der Waals surface area contributed by atoms with Crippen LogP contribution in [0.2, 0.25) is 0 Å². The zero-order valence-corrected chi connectivity index (χ0v) is 18.1. The minimum atomic E-state index is -0.514. The maximum Gasteiger partial charge on any atom is 0.343 e. The van der Waals surface area contributed by atoms with Gasteiger partial charge in [0.2, 0.25) is 5.17 Å². The van der Waals surface area contributed by atoms with Crippen LogP contribution in [0, 0.1) is 5.41 Å². The number of carbonyl (C=O) groups is 2. The van der Waals surface area contributed by atoms with Crippen molar-refractivity contribution in [2.24, 2.45) is 9.39 Å². The molecule has 2 aromatic rings. The number of amidine groups is 3. The van der Waals surface area contributed by atoms with Crippen molar-refractivity contribution < 1.29 is 19.1 Å². The Morgan fingerprint density at radius 1 is 1.19 bits per heavy atom. The molecule has 156 valence electrons. The molecule has 0 spiro atoms. The number of hydrogen-bond donors (Lipinski definition) is 1. The molecule has 10 heteroatoms. The van der Waals surface area contributed by atoms with Gasteiger partial charge in [0.25, 0.3) is 5.91 Å². The van der Waals surface area contributed by atoms with Crippen LogP contribution in [0.25, 0.3) is 6.08 Å². The molecule has 0 saturated carbocycles. The molecular weight excluding hydrogens is 436 g/mol. The summed E-state index contributed by atoms with van der Waals surface area (Å²) in [6, 6.07) is 13.5. The summed E-state index contributed by atoms with van der Waals surface area (Å²) in [6.07, 6.45) is 3.40. The van der Waals surface area contributed by atoms with Gasteiger partial charge in [-0.25, -0.2) is 9.69 Å². The molecule has 0 fully saturated rings. The Balaban J connectivity index is 1.61. The number of nitrogens with zero attached hydrogens (tertiary/aromatic N) is 3. The summed E-state index contributed by atoms with van der Waals surface area (Å²) < 4.78 is 15.0. The Morgan fingerprint density at radius 3 is 2.68 bits per heavy atom. The van der Waals surface area contributed by atoms with Crippen molar-refractivity contribution in [3.05, 3.63) is 65.2 Å².